The monoisotopic (exact) mass is 423 g/mol. The number of benzene rings is 2. The second kappa shape index (κ2) is 10.6. The SMILES string of the molecule is CCOc1ccc(C=CC(=O)OCC(=O)Nc2nnc(-c3ccccc3)o2)cc1OC. The number of aromatic nitrogens is 2. The van der Waals surface area contributed by atoms with E-state index in [1.165, 1.54) is 13.2 Å². The van der Waals surface area contributed by atoms with Gasteiger partial charge < -0.3 is 18.6 Å². The molecule has 9 nitrogen and oxygen atoms in total. The minimum absolute atomic E-state index is 0.0862. The standard InChI is InChI=1S/C22H21N3O6/c1-3-29-17-11-9-15(13-18(17)28-2)10-12-20(27)30-14-19(26)23-22-25-24-21(31-22)16-7-5-4-6-8-16/h4-13H,3,14H2,1-2H3,(H,23,25,26). The summed E-state index contributed by atoms with van der Waals surface area (Å²) in [5.74, 6) is 0.136. The molecule has 0 aliphatic heterocycles. The summed E-state index contributed by atoms with van der Waals surface area (Å²) in [7, 11) is 1.53. The van der Waals surface area contributed by atoms with Crippen LogP contribution in [0.4, 0.5) is 6.01 Å². The molecule has 1 aromatic heterocycles. The number of hydrogen-bond acceptors (Lipinski definition) is 8. The maximum absolute atomic E-state index is 11.9. The molecule has 0 saturated heterocycles. The fraction of sp³-hybridized carbons (Fsp3) is 0.182. The molecule has 0 fully saturated rings. The largest absolute Gasteiger partial charge is 0.493 e. The minimum atomic E-state index is -0.682. The van der Waals surface area contributed by atoms with Crippen molar-refractivity contribution < 1.29 is 28.2 Å². The number of esters is 1. The van der Waals surface area contributed by atoms with E-state index < -0.39 is 18.5 Å². The lowest BCUT2D eigenvalue weighted by Gasteiger charge is -2.09. The highest BCUT2D eigenvalue weighted by Gasteiger charge is 2.12. The predicted octanol–water partition coefficient (Wildman–Crippen LogP) is 3.34. The summed E-state index contributed by atoms with van der Waals surface area (Å²) in [6.07, 6.45) is 2.76. The Morgan fingerprint density at radius 1 is 1.10 bits per heavy atom. The molecule has 9 heteroatoms. The summed E-state index contributed by atoms with van der Waals surface area (Å²) in [5.41, 5.74) is 1.43. The number of hydrogen-bond donors (Lipinski definition) is 1. The Bertz CT molecular complexity index is 1060. The Hall–Kier alpha value is -4.14. The van der Waals surface area contributed by atoms with Gasteiger partial charge in [0.1, 0.15) is 0 Å². The number of nitrogens with one attached hydrogen (secondary N) is 1. The van der Waals surface area contributed by atoms with Crippen LogP contribution >= 0.6 is 0 Å². The summed E-state index contributed by atoms with van der Waals surface area (Å²) in [6, 6.07) is 14.3. The normalized spacial score (nSPS) is 10.6. The number of carbonyl (C=O) groups excluding carboxylic acids is 2. The van der Waals surface area contributed by atoms with Crippen LogP contribution in [0.15, 0.2) is 59.0 Å². The van der Waals surface area contributed by atoms with Gasteiger partial charge in [-0.15, -0.1) is 5.10 Å². The second-order valence-corrected chi connectivity index (χ2v) is 6.11. The molecule has 2 aromatic carbocycles. The third-order valence-corrected chi connectivity index (χ3v) is 3.94. The van der Waals surface area contributed by atoms with Crippen molar-refractivity contribution in [3.63, 3.8) is 0 Å². The van der Waals surface area contributed by atoms with E-state index in [-0.39, 0.29) is 11.9 Å². The van der Waals surface area contributed by atoms with Crippen molar-refractivity contribution in [3.05, 3.63) is 60.2 Å². The van der Waals surface area contributed by atoms with Crippen molar-refractivity contribution in [2.75, 3.05) is 25.6 Å². The van der Waals surface area contributed by atoms with E-state index in [2.05, 4.69) is 15.5 Å². The van der Waals surface area contributed by atoms with E-state index in [1.54, 1.807) is 36.4 Å². The third-order valence-electron chi connectivity index (χ3n) is 3.94. The predicted molar refractivity (Wildman–Crippen MR) is 113 cm³/mol. The maximum atomic E-state index is 11.9. The molecule has 1 N–H and O–H groups in total. The smallest absolute Gasteiger partial charge is 0.331 e. The van der Waals surface area contributed by atoms with Gasteiger partial charge in [0, 0.05) is 11.6 Å². The summed E-state index contributed by atoms with van der Waals surface area (Å²) in [6.45, 7) is 1.88. The molecule has 1 heterocycles. The van der Waals surface area contributed by atoms with Gasteiger partial charge in [0.25, 0.3) is 5.91 Å². The van der Waals surface area contributed by atoms with Crippen LogP contribution in [-0.4, -0.2) is 42.4 Å². The zero-order chi connectivity index (χ0) is 22.1. The molecular weight excluding hydrogens is 402 g/mol. The number of anilines is 1. The lowest BCUT2D eigenvalue weighted by molar-refractivity contribution is -0.142. The Morgan fingerprint density at radius 2 is 1.90 bits per heavy atom. The van der Waals surface area contributed by atoms with Gasteiger partial charge in [0.05, 0.1) is 13.7 Å². The third kappa shape index (κ3) is 6.17. The van der Waals surface area contributed by atoms with Gasteiger partial charge in [-0.1, -0.05) is 29.4 Å². The van der Waals surface area contributed by atoms with Gasteiger partial charge in [0.15, 0.2) is 18.1 Å². The molecule has 0 spiro atoms. The molecule has 31 heavy (non-hydrogen) atoms. The molecule has 0 atom stereocenters. The lowest BCUT2D eigenvalue weighted by Crippen LogP contribution is -2.20. The first kappa shape index (κ1) is 21.6. The van der Waals surface area contributed by atoms with Crippen LogP contribution in [-0.2, 0) is 14.3 Å². The fourth-order valence-electron chi connectivity index (χ4n) is 2.54. The fourth-order valence-corrected chi connectivity index (χ4v) is 2.54. The highest BCUT2D eigenvalue weighted by Crippen LogP contribution is 2.28. The van der Waals surface area contributed by atoms with Gasteiger partial charge in [-0.2, -0.15) is 0 Å². The summed E-state index contributed by atoms with van der Waals surface area (Å²) in [5, 5.41) is 9.99. The van der Waals surface area contributed by atoms with Crippen molar-refractivity contribution in [1.29, 1.82) is 0 Å². The summed E-state index contributed by atoms with van der Waals surface area (Å²) in [4.78, 5) is 23.8. The molecule has 3 aromatic rings. The highest BCUT2D eigenvalue weighted by molar-refractivity contribution is 5.93. The minimum Gasteiger partial charge on any atom is -0.493 e. The van der Waals surface area contributed by atoms with E-state index in [4.69, 9.17) is 18.6 Å². The molecule has 0 aliphatic carbocycles. The average Bonchev–Trinajstić information content (AvgIpc) is 3.26. The van der Waals surface area contributed by atoms with E-state index >= 15 is 0 Å². The lowest BCUT2D eigenvalue weighted by atomic mass is 10.2. The van der Waals surface area contributed by atoms with Crippen LogP contribution < -0.4 is 14.8 Å². The van der Waals surface area contributed by atoms with Gasteiger partial charge >= 0.3 is 12.0 Å². The van der Waals surface area contributed by atoms with Crippen molar-refractivity contribution >= 4 is 24.0 Å². The molecule has 160 valence electrons. The number of rotatable bonds is 9. The molecule has 0 unspecified atom stereocenters. The van der Waals surface area contributed by atoms with Crippen LogP contribution in [0, 0.1) is 0 Å². The topological polar surface area (TPSA) is 113 Å². The number of methoxy groups -OCH3 is 1. The van der Waals surface area contributed by atoms with Crippen molar-refractivity contribution in [1.82, 2.24) is 10.2 Å². The summed E-state index contributed by atoms with van der Waals surface area (Å²) < 4.78 is 21.0. The van der Waals surface area contributed by atoms with E-state index in [0.717, 1.165) is 5.56 Å². The van der Waals surface area contributed by atoms with E-state index in [1.807, 2.05) is 25.1 Å². The van der Waals surface area contributed by atoms with Crippen LogP contribution in [0.2, 0.25) is 0 Å². The van der Waals surface area contributed by atoms with Crippen LogP contribution in [0.25, 0.3) is 17.5 Å². The Balaban J connectivity index is 1.49. The molecule has 0 aliphatic rings. The second-order valence-electron chi connectivity index (χ2n) is 6.11. The highest BCUT2D eigenvalue weighted by atomic mass is 16.5. The number of ether oxygens (including phenoxy) is 3. The molecular formula is C22H21N3O6. The van der Waals surface area contributed by atoms with Gasteiger partial charge in [-0.3, -0.25) is 10.1 Å². The molecule has 0 radical (unpaired) electrons. The van der Waals surface area contributed by atoms with Crippen molar-refractivity contribution in [3.8, 4) is 23.0 Å². The Morgan fingerprint density at radius 3 is 2.65 bits per heavy atom. The zero-order valence-electron chi connectivity index (χ0n) is 17.0. The van der Waals surface area contributed by atoms with E-state index in [9.17, 15) is 9.59 Å². The first-order valence-electron chi connectivity index (χ1n) is 9.43. The Labute approximate surface area is 178 Å². The molecule has 1 amide bonds. The molecule has 3 rings (SSSR count). The number of nitrogens with zero attached hydrogens (tertiary/aromatic N) is 2. The Kier molecular flexibility index (Phi) is 7.36. The molecule has 0 bridgehead atoms. The van der Waals surface area contributed by atoms with E-state index in [0.29, 0.717) is 23.7 Å². The van der Waals surface area contributed by atoms with Crippen LogP contribution in [0.3, 0.4) is 0 Å². The number of carbonyl (C=O) groups is 2. The van der Waals surface area contributed by atoms with Gasteiger partial charge in [-0.25, -0.2) is 4.79 Å². The van der Waals surface area contributed by atoms with Crippen LogP contribution in [0.5, 0.6) is 11.5 Å². The maximum Gasteiger partial charge on any atom is 0.331 e. The summed E-state index contributed by atoms with van der Waals surface area (Å²) >= 11 is 0. The quantitative estimate of drug-likeness (QED) is 0.412. The first-order valence-corrected chi connectivity index (χ1v) is 9.43. The van der Waals surface area contributed by atoms with Crippen molar-refractivity contribution in [2.45, 2.75) is 6.92 Å². The van der Waals surface area contributed by atoms with Crippen LogP contribution in [0.1, 0.15) is 12.5 Å². The number of amides is 1. The van der Waals surface area contributed by atoms with Crippen molar-refractivity contribution in [2.24, 2.45) is 0 Å². The van der Waals surface area contributed by atoms with Gasteiger partial charge in [-0.05, 0) is 42.8 Å². The average molecular weight is 423 g/mol. The first-order chi connectivity index (χ1) is 15.1. The zero-order valence-corrected chi connectivity index (χ0v) is 17.0. The van der Waals surface area contributed by atoms with Gasteiger partial charge in [0.2, 0.25) is 5.89 Å². The molecule has 0 saturated carbocycles.